The molecule has 0 radical (unpaired) electrons. The standard InChI is InChI=1S/C39H41NO11/c1-3-48-38(46)35-26(18-43)29(22-15-23(17-42)32(45)25(16-22)20-7-8-28-21(14-20)9-11-40-28)31-34(50-35)27(19-44)33-30(36(31)49-13-5-12-41)24-6-4-10-39(2,47)37(24)51-33/h4,6-9,14,18,23-25,37,41-42,44,47H,3,5,10-13,15-17,19H2,1-2H3/b29-22+/t23-,24-,25-,37-,39+/m0/s1. The van der Waals surface area contributed by atoms with Crippen LogP contribution in [-0.2, 0) is 25.7 Å². The number of aliphatic hydroxyl groups is 4. The van der Waals surface area contributed by atoms with Crippen molar-refractivity contribution in [2.75, 3.05) is 33.0 Å². The summed E-state index contributed by atoms with van der Waals surface area (Å²) in [6.45, 7) is 2.65. The zero-order chi connectivity index (χ0) is 36.0. The Morgan fingerprint density at radius 3 is 2.73 bits per heavy atom. The second-order valence-corrected chi connectivity index (χ2v) is 13.7. The molecule has 1 saturated carbocycles. The molecule has 5 aliphatic rings. The smallest absolute Gasteiger partial charge is 0.375 e. The number of carbonyl (C=O) groups is 3. The molecule has 12 heteroatoms. The van der Waals surface area contributed by atoms with Crippen LogP contribution >= 0.6 is 0 Å². The Kier molecular flexibility index (Phi) is 9.44. The lowest BCUT2D eigenvalue weighted by atomic mass is 9.71. The highest BCUT2D eigenvalue weighted by atomic mass is 16.6. The van der Waals surface area contributed by atoms with E-state index in [9.17, 15) is 34.8 Å². The molecule has 51 heavy (non-hydrogen) atoms. The molecule has 5 atom stereocenters. The first kappa shape index (κ1) is 34.8. The van der Waals surface area contributed by atoms with Crippen LogP contribution in [0.25, 0.3) is 11.6 Å². The molecule has 1 fully saturated rings. The highest BCUT2D eigenvalue weighted by Gasteiger charge is 2.51. The molecule has 0 amide bonds. The van der Waals surface area contributed by atoms with Gasteiger partial charge in [-0.15, -0.1) is 0 Å². The van der Waals surface area contributed by atoms with Crippen LogP contribution in [0.5, 0.6) is 17.2 Å². The van der Waals surface area contributed by atoms with E-state index in [1.54, 1.807) is 13.8 Å². The van der Waals surface area contributed by atoms with Crippen molar-refractivity contribution in [3.63, 3.8) is 0 Å². The van der Waals surface area contributed by atoms with Crippen LogP contribution < -0.4 is 24.8 Å². The number of nitrogens with zero attached hydrogens (tertiary/aromatic N) is 1. The second kappa shape index (κ2) is 13.8. The van der Waals surface area contributed by atoms with Crippen LogP contribution in [0.4, 0.5) is 0 Å². The molecule has 0 unspecified atom stereocenters. The van der Waals surface area contributed by atoms with Gasteiger partial charge in [0.2, 0.25) is 5.76 Å². The van der Waals surface area contributed by atoms with E-state index >= 15 is 0 Å². The van der Waals surface area contributed by atoms with Gasteiger partial charge in [0.15, 0.2) is 6.29 Å². The van der Waals surface area contributed by atoms with Gasteiger partial charge in [-0.1, -0.05) is 29.9 Å². The summed E-state index contributed by atoms with van der Waals surface area (Å²) in [4.78, 5) is 45.1. The predicted octanol–water partition coefficient (Wildman–Crippen LogP) is 1.83. The van der Waals surface area contributed by atoms with Crippen molar-refractivity contribution in [3.05, 3.63) is 80.1 Å². The Morgan fingerprint density at radius 1 is 1.18 bits per heavy atom. The van der Waals surface area contributed by atoms with Crippen molar-refractivity contribution >= 4 is 29.7 Å². The number of carbonyl (C=O) groups excluding carboxylic acids is 3. The summed E-state index contributed by atoms with van der Waals surface area (Å²) in [6, 6.07) is 5.64. The van der Waals surface area contributed by atoms with Gasteiger partial charge in [0.05, 0.1) is 55.0 Å². The van der Waals surface area contributed by atoms with Crippen molar-refractivity contribution in [2.24, 2.45) is 10.9 Å². The molecule has 2 aliphatic carbocycles. The van der Waals surface area contributed by atoms with Crippen LogP contribution in [0.2, 0.25) is 0 Å². The third-order valence-electron chi connectivity index (χ3n) is 10.4. The van der Waals surface area contributed by atoms with Gasteiger partial charge in [0, 0.05) is 41.9 Å². The summed E-state index contributed by atoms with van der Waals surface area (Å²) in [5, 5.41) is 44.3. The number of ether oxygens (including phenoxy) is 4. The number of fused-ring (bicyclic) bond motifs is 5. The SMILES string of the molecule is CCOC(=O)C1=C(C=O)/C(=C2/C[C@@H](CO)C(=O)[C@H](c3ccc4c(c3)=CCN=4)C2)c2c(c(CO)c3c(c2OCCCO)[C@@H]2C=CC[C@@](C)(O)[C@H]2O3)O1. The van der Waals surface area contributed by atoms with Crippen molar-refractivity contribution in [1.82, 2.24) is 0 Å². The van der Waals surface area contributed by atoms with Gasteiger partial charge < -0.3 is 39.4 Å². The van der Waals surface area contributed by atoms with Gasteiger partial charge >= 0.3 is 5.97 Å². The Morgan fingerprint density at radius 2 is 2.00 bits per heavy atom. The Labute approximate surface area is 294 Å². The molecule has 3 heterocycles. The van der Waals surface area contributed by atoms with Crippen LogP contribution in [0, 0.1) is 5.92 Å². The van der Waals surface area contributed by atoms with E-state index in [4.69, 9.17) is 18.9 Å². The van der Waals surface area contributed by atoms with Gasteiger partial charge in [-0.05, 0) is 56.0 Å². The maximum absolute atomic E-state index is 13.9. The molecule has 0 spiro atoms. The molecular weight excluding hydrogens is 658 g/mol. The Hall–Kier alpha value is -4.62. The molecule has 0 bridgehead atoms. The highest BCUT2D eigenvalue weighted by molar-refractivity contribution is 6.11. The summed E-state index contributed by atoms with van der Waals surface area (Å²) in [5.74, 6) is -3.02. The average molecular weight is 700 g/mol. The van der Waals surface area contributed by atoms with Gasteiger partial charge in [0.1, 0.15) is 34.7 Å². The highest BCUT2D eigenvalue weighted by Crippen LogP contribution is 2.60. The second-order valence-electron chi connectivity index (χ2n) is 13.7. The molecular formula is C39H41NO11. The monoisotopic (exact) mass is 699 g/mol. The topological polar surface area (TPSA) is 181 Å². The van der Waals surface area contributed by atoms with Crippen LogP contribution in [0.1, 0.15) is 73.6 Å². The Balaban J connectivity index is 1.53. The van der Waals surface area contributed by atoms with Crippen LogP contribution in [-0.4, -0.2) is 83.1 Å². The zero-order valence-electron chi connectivity index (χ0n) is 28.5. The minimum Gasteiger partial charge on any atom is -0.492 e. The first-order valence-electron chi connectivity index (χ1n) is 17.4. The molecule has 4 N–H and O–H groups in total. The fourth-order valence-electron chi connectivity index (χ4n) is 8.03. The molecule has 7 rings (SSSR count). The first-order chi connectivity index (χ1) is 24.7. The van der Waals surface area contributed by atoms with E-state index in [0.717, 1.165) is 16.1 Å². The predicted molar refractivity (Wildman–Crippen MR) is 182 cm³/mol. The summed E-state index contributed by atoms with van der Waals surface area (Å²) >= 11 is 0. The fraction of sp³-hybridized carbons (Fsp3) is 0.436. The van der Waals surface area contributed by atoms with Crippen molar-refractivity contribution in [1.29, 1.82) is 0 Å². The number of hydrogen-bond acceptors (Lipinski definition) is 12. The van der Waals surface area contributed by atoms with E-state index in [1.807, 2.05) is 36.4 Å². The summed E-state index contributed by atoms with van der Waals surface area (Å²) in [7, 11) is 0. The molecule has 2 aromatic carbocycles. The van der Waals surface area contributed by atoms with E-state index in [1.165, 1.54) is 0 Å². The number of esters is 1. The lowest BCUT2D eigenvalue weighted by Crippen LogP contribution is -2.45. The summed E-state index contributed by atoms with van der Waals surface area (Å²) in [5.41, 5.74) is 1.16. The maximum atomic E-state index is 13.9. The third kappa shape index (κ3) is 5.80. The summed E-state index contributed by atoms with van der Waals surface area (Å²) in [6.07, 6.45) is 6.28. The van der Waals surface area contributed by atoms with E-state index in [0.29, 0.717) is 30.4 Å². The van der Waals surface area contributed by atoms with E-state index in [2.05, 4.69) is 4.99 Å². The van der Waals surface area contributed by atoms with E-state index in [-0.39, 0.29) is 84.4 Å². The minimum absolute atomic E-state index is 0.0106. The molecule has 2 aromatic rings. The number of rotatable bonds is 10. The molecule has 3 aliphatic heterocycles. The number of aliphatic hydroxyl groups excluding tert-OH is 3. The van der Waals surface area contributed by atoms with Crippen molar-refractivity contribution in [2.45, 2.75) is 69.7 Å². The van der Waals surface area contributed by atoms with Gasteiger partial charge in [0.25, 0.3) is 0 Å². The number of benzene rings is 2. The minimum atomic E-state index is -1.29. The number of Topliss-reactive ketones (excluding diaryl/α,β-unsaturated/α-hetero) is 1. The Bertz CT molecular complexity index is 2020. The fourth-order valence-corrected chi connectivity index (χ4v) is 8.03. The van der Waals surface area contributed by atoms with Crippen molar-refractivity contribution < 1.29 is 53.8 Å². The number of hydrogen-bond donors (Lipinski definition) is 4. The first-order valence-corrected chi connectivity index (χ1v) is 17.4. The van der Waals surface area contributed by atoms with Crippen LogP contribution in [0.3, 0.4) is 0 Å². The number of aldehydes is 1. The normalized spacial score (nSPS) is 27.3. The van der Waals surface area contributed by atoms with Gasteiger partial charge in [-0.3, -0.25) is 14.6 Å². The summed E-state index contributed by atoms with van der Waals surface area (Å²) < 4.78 is 24.5. The van der Waals surface area contributed by atoms with Crippen LogP contribution in [0.15, 0.2) is 52.2 Å². The number of allylic oxidation sites excluding steroid dienone is 3. The quantitative estimate of drug-likeness (QED) is 0.123. The maximum Gasteiger partial charge on any atom is 0.375 e. The molecule has 12 nitrogen and oxygen atoms in total. The number of ketones is 1. The van der Waals surface area contributed by atoms with E-state index < -0.39 is 54.4 Å². The molecule has 0 saturated heterocycles. The van der Waals surface area contributed by atoms with Crippen molar-refractivity contribution in [3.8, 4) is 17.2 Å². The van der Waals surface area contributed by atoms with Gasteiger partial charge in [-0.2, -0.15) is 0 Å². The lowest BCUT2D eigenvalue weighted by molar-refractivity contribution is -0.141. The lowest BCUT2D eigenvalue weighted by Gasteiger charge is -2.35. The largest absolute Gasteiger partial charge is 0.492 e. The molecule has 0 aromatic heterocycles. The average Bonchev–Trinajstić information content (AvgIpc) is 3.76. The van der Waals surface area contributed by atoms with Gasteiger partial charge in [-0.25, -0.2) is 4.79 Å². The zero-order valence-corrected chi connectivity index (χ0v) is 28.5. The molecule has 268 valence electrons. The third-order valence-corrected chi connectivity index (χ3v) is 10.4.